The molecular weight excluding hydrogens is 717 g/mol. The fourth-order valence-corrected chi connectivity index (χ4v) is 10.3. The van der Waals surface area contributed by atoms with Gasteiger partial charge in [-0.05, 0) is 70.3 Å². The van der Waals surface area contributed by atoms with Gasteiger partial charge < -0.3 is 8.98 Å². The summed E-state index contributed by atoms with van der Waals surface area (Å²) in [5.41, 5.74) is 11.3. The molecule has 0 amide bonds. The Morgan fingerprint density at radius 2 is 1.04 bits per heavy atom. The topological polar surface area (TPSA) is 54.2 Å². The van der Waals surface area contributed by atoms with Gasteiger partial charge in [-0.3, -0.25) is 16.0 Å². The largest absolute Gasteiger partial charge is 0.456 e. The summed E-state index contributed by atoms with van der Waals surface area (Å²) in [5, 5.41) is 18.9. The maximum absolute atomic E-state index is 6.55. The van der Waals surface area contributed by atoms with Gasteiger partial charge in [0.25, 0.3) is 0 Å². The van der Waals surface area contributed by atoms with Crippen LogP contribution in [0.15, 0.2) is 186 Å². The van der Waals surface area contributed by atoms with Gasteiger partial charge in [0, 0.05) is 37.0 Å². The van der Waals surface area contributed by atoms with Crippen LogP contribution < -0.4 is 16.0 Å². The molecule has 2 atom stereocenters. The summed E-state index contributed by atoms with van der Waals surface area (Å²) in [6, 6.07) is 65.4. The van der Waals surface area contributed by atoms with E-state index in [1.165, 1.54) is 64.4 Å². The number of fused-ring (bicyclic) bond motifs is 9. The molecule has 6 heteroatoms. The second-order valence-corrected chi connectivity index (χ2v) is 16.0. The molecule has 0 saturated carbocycles. The van der Waals surface area contributed by atoms with Gasteiger partial charge >= 0.3 is 0 Å². The molecule has 0 spiro atoms. The molecule has 8 aromatic carbocycles. The van der Waals surface area contributed by atoms with Gasteiger partial charge in [-0.15, -0.1) is 11.3 Å². The monoisotopic (exact) mass is 752 g/mol. The third-order valence-electron chi connectivity index (χ3n) is 11.7. The van der Waals surface area contributed by atoms with Gasteiger partial charge in [0.2, 0.25) is 0 Å². The summed E-state index contributed by atoms with van der Waals surface area (Å²) in [6.45, 7) is 0. The van der Waals surface area contributed by atoms with Gasteiger partial charge in [-0.1, -0.05) is 140 Å². The van der Waals surface area contributed by atoms with Crippen molar-refractivity contribution >= 4 is 75.3 Å². The fraction of sp³-hybridized carbons (Fsp3) is 0.0588. The lowest BCUT2D eigenvalue weighted by molar-refractivity contribution is 0.204. The second-order valence-electron chi connectivity index (χ2n) is 15.0. The van der Waals surface area contributed by atoms with Crippen molar-refractivity contribution in [3.05, 3.63) is 199 Å². The molecular formula is C51H36N4OS. The number of para-hydroxylation sites is 2. The van der Waals surface area contributed by atoms with Gasteiger partial charge in [0.05, 0.1) is 39.9 Å². The highest BCUT2D eigenvalue weighted by Crippen LogP contribution is 2.43. The lowest BCUT2D eigenvalue weighted by Crippen LogP contribution is -2.54. The van der Waals surface area contributed by atoms with E-state index in [0.717, 1.165) is 33.1 Å². The molecule has 3 aromatic heterocycles. The van der Waals surface area contributed by atoms with Crippen molar-refractivity contribution in [1.29, 1.82) is 0 Å². The SMILES string of the molecule is c1ccc(C2NC(c3ccccc3)NC(c3cccc4oc5ccc(-c6ccc7c(c6)sc6c(-n8c9ccccc9c9ccccc98)cccc67)cc5c34)N2)cc1. The number of aromatic nitrogens is 1. The highest BCUT2D eigenvalue weighted by Gasteiger charge is 2.31. The lowest BCUT2D eigenvalue weighted by Gasteiger charge is -2.39. The Kier molecular flexibility index (Phi) is 7.46. The third kappa shape index (κ3) is 5.27. The van der Waals surface area contributed by atoms with Crippen LogP contribution in [0.3, 0.4) is 0 Å². The van der Waals surface area contributed by atoms with Crippen LogP contribution in [0.1, 0.15) is 35.2 Å². The number of benzene rings is 8. The quantitative estimate of drug-likeness (QED) is 0.164. The zero-order valence-electron chi connectivity index (χ0n) is 30.8. The van der Waals surface area contributed by atoms with Crippen molar-refractivity contribution in [1.82, 2.24) is 20.5 Å². The molecule has 0 radical (unpaired) electrons. The van der Waals surface area contributed by atoms with Crippen LogP contribution in [0.2, 0.25) is 0 Å². The molecule has 1 aliphatic heterocycles. The fourth-order valence-electron chi connectivity index (χ4n) is 9.10. The average Bonchev–Trinajstić information content (AvgIpc) is 3.96. The predicted octanol–water partition coefficient (Wildman–Crippen LogP) is 12.9. The Bertz CT molecular complexity index is 3210. The number of furan rings is 1. The molecule has 12 rings (SSSR count). The molecule has 1 aliphatic rings. The number of thiophene rings is 1. The van der Waals surface area contributed by atoms with Gasteiger partial charge in [-0.2, -0.15) is 0 Å². The van der Waals surface area contributed by atoms with Crippen LogP contribution in [0, 0.1) is 0 Å². The minimum atomic E-state index is -0.145. The normalized spacial score (nSPS) is 17.4. The maximum Gasteiger partial charge on any atom is 0.135 e. The molecule has 57 heavy (non-hydrogen) atoms. The number of hydrogen-bond donors (Lipinski definition) is 3. The van der Waals surface area contributed by atoms with Crippen LogP contribution >= 0.6 is 11.3 Å². The third-order valence-corrected chi connectivity index (χ3v) is 12.9. The molecule has 3 N–H and O–H groups in total. The molecule has 11 aromatic rings. The van der Waals surface area contributed by atoms with E-state index >= 15 is 0 Å². The highest BCUT2D eigenvalue weighted by atomic mass is 32.1. The molecule has 1 fully saturated rings. The first-order chi connectivity index (χ1) is 28.2. The molecule has 1 saturated heterocycles. The van der Waals surface area contributed by atoms with E-state index in [1.807, 2.05) is 11.3 Å². The zero-order chi connectivity index (χ0) is 37.5. The van der Waals surface area contributed by atoms with Crippen molar-refractivity contribution in [3.8, 4) is 16.8 Å². The highest BCUT2D eigenvalue weighted by molar-refractivity contribution is 7.26. The van der Waals surface area contributed by atoms with Crippen molar-refractivity contribution in [2.45, 2.75) is 18.5 Å². The van der Waals surface area contributed by atoms with E-state index in [-0.39, 0.29) is 18.5 Å². The molecule has 0 bridgehead atoms. The van der Waals surface area contributed by atoms with Gasteiger partial charge in [-0.25, -0.2) is 0 Å². The number of rotatable bonds is 5. The molecule has 4 heterocycles. The molecule has 272 valence electrons. The van der Waals surface area contributed by atoms with Crippen LogP contribution in [-0.4, -0.2) is 4.57 Å². The minimum Gasteiger partial charge on any atom is -0.456 e. The predicted molar refractivity (Wildman–Crippen MR) is 237 cm³/mol. The first-order valence-corrected chi connectivity index (χ1v) is 20.3. The van der Waals surface area contributed by atoms with Crippen molar-refractivity contribution in [2.24, 2.45) is 0 Å². The molecule has 5 nitrogen and oxygen atoms in total. The van der Waals surface area contributed by atoms with E-state index in [9.17, 15) is 0 Å². The average molecular weight is 753 g/mol. The lowest BCUT2D eigenvalue weighted by atomic mass is 9.98. The number of nitrogens with zero attached hydrogens (tertiary/aromatic N) is 1. The van der Waals surface area contributed by atoms with Crippen LogP contribution in [0.4, 0.5) is 0 Å². The molecule has 0 aliphatic carbocycles. The Morgan fingerprint density at radius 1 is 0.439 bits per heavy atom. The summed E-state index contributed by atoms with van der Waals surface area (Å²) in [4.78, 5) is 0. The van der Waals surface area contributed by atoms with Gasteiger partial charge in [0.1, 0.15) is 11.2 Å². The Hall–Kier alpha value is -6.54. The van der Waals surface area contributed by atoms with Crippen LogP contribution in [-0.2, 0) is 0 Å². The number of hydrogen-bond acceptors (Lipinski definition) is 5. The summed E-state index contributed by atoms with van der Waals surface area (Å²) >= 11 is 1.88. The molecule has 2 unspecified atom stereocenters. The second kappa shape index (κ2) is 13.0. The first-order valence-electron chi connectivity index (χ1n) is 19.5. The van der Waals surface area contributed by atoms with E-state index < -0.39 is 0 Å². The summed E-state index contributed by atoms with van der Waals surface area (Å²) < 4.78 is 11.6. The Balaban J connectivity index is 0.971. The minimum absolute atomic E-state index is 0.0600. The van der Waals surface area contributed by atoms with E-state index in [0.29, 0.717) is 0 Å². The van der Waals surface area contributed by atoms with E-state index in [4.69, 9.17) is 4.42 Å². The Morgan fingerprint density at radius 3 is 1.75 bits per heavy atom. The Labute approximate surface area is 332 Å². The van der Waals surface area contributed by atoms with Crippen LogP contribution in [0.5, 0.6) is 0 Å². The van der Waals surface area contributed by atoms with Crippen molar-refractivity contribution < 1.29 is 4.42 Å². The summed E-state index contributed by atoms with van der Waals surface area (Å²) in [5.74, 6) is 0. The summed E-state index contributed by atoms with van der Waals surface area (Å²) in [6.07, 6.45) is -0.265. The van der Waals surface area contributed by atoms with Gasteiger partial charge in [0.15, 0.2) is 0 Å². The summed E-state index contributed by atoms with van der Waals surface area (Å²) in [7, 11) is 0. The number of nitrogens with one attached hydrogen (secondary N) is 3. The standard InChI is InChI=1S/C51H36N4OS/c1-3-13-31(14-4-1)49-52-50(32-15-5-2-6-16-32)54-51(53-49)39-20-12-24-45-47(39)40-29-33(26-28-44(40)56-45)34-25-27-37-38-19-11-23-43(48(38)57-46(37)30-34)55-41-21-9-7-17-35(41)36-18-8-10-22-42(36)55/h1-30,49-54H. The van der Waals surface area contributed by atoms with E-state index in [1.54, 1.807) is 0 Å². The van der Waals surface area contributed by atoms with Crippen molar-refractivity contribution in [2.75, 3.05) is 0 Å². The first kappa shape index (κ1) is 32.7. The van der Waals surface area contributed by atoms with Crippen molar-refractivity contribution in [3.63, 3.8) is 0 Å². The smallest absolute Gasteiger partial charge is 0.135 e. The zero-order valence-corrected chi connectivity index (χ0v) is 31.6. The van der Waals surface area contributed by atoms with Crippen LogP contribution in [0.25, 0.3) is 80.7 Å². The van der Waals surface area contributed by atoms with E-state index in [2.05, 4.69) is 203 Å². The maximum atomic E-state index is 6.55.